The summed E-state index contributed by atoms with van der Waals surface area (Å²) in [5.41, 5.74) is 8.81. The fourth-order valence-electron chi connectivity index (χ4n) is 2.51. The van der Waals surface area contributed by atoms with Crippen LogP contribution >= 0.6 is 0 Å². The van der Waals surface area contributed by atoms with E-state index >= 15 is 0 Å². The molecule has 0 aliphatic carbocycles. The number of rotatable bonds is 4. The quantitative estimate of drug-likeness (QED) is 0.801. The predicted molar refractivity (Wildman–Crippen MR) is 86.3 cm³/mol. The Kier molecular flexibility index (Phi) is 3.78. The maximum atomic E-state index is 6.10. The molecule has 0 fully saturated rings. The summed E-state index contributed by atoms with van der Waals surface area (Å²) in [5.74, 6) is 2.04. The Morgan fingerprint density at radius 2 is 1.82 bits per heavy atom. The summed E-state index contributed by atoms with van der Waals surface area (Å²) in [6, 6.07) is 9.57. The summed E-state index contributed by atoms with van der Waals surface area (Å²) in [4.78, 5) is 8.57. The van der Waals surface area contributed by atoms with Gasteiger partial charge < -0.3 is 15.2 Å². The maximum absolute atomic E-state index is 6.10. The zero-order valence-electron chi connectivity index (χ0n) is 12.5. The van der Waals surface area contributed by atoms with Crippen LogP contribution in [-0.4, -0.2) is 24.2 Å². The van der Waals surface area contributed by atoms with Gasteiger partial charge in [0, 0.05) is 29.8 Å². The predicted octanol–water partition coefficient (Wildman–Crippen LogP) is 2.82. The van der Waals surface area contributed by atoms with E-state index in [1.807, 2.05) is 30.3 Å². The van der Waals surface area contributed by atoms with Crippen LogP contribution in [0.4, 0.5) is 5.82 Å². The van der Waals surface area contributed by atoms with E-state index in [-0.39, 0.29) is 0 Å². The van der Waals surface area contributed by atoms with E-state index < -0.39 is 0 Å². The molecule has 3 rings (SSSR count). The number of nitrogen functional groups attached to an aromatic ring is 1. The van der Waals surface area contributed by atoms with E-state index in [4.69, 9.17) is 15.2 Å². The van der Waals surface area contributed by atoms with Gasteiger partial charge in [-0.2, -0.15) is 0 Å². The van der Waals surface area contributed by atoms with Crippen LogP contribution < -0.4 is 15.2 Å². The zero-order valence-corrected chi connectivity index (χ0v) is 12.5. The van der Waals surface area contributed by atoms with Crippen molar-refractivity contribution < 1.29 is 9.47 Å². The Morgan fingerprint density at radius 1 is 1.09 bits per heavy atom. The van der Waals surface area contributed by atoms with Crippen molar-refractivity contribution in [3.8, 4) is 11.5 Å². The molecule has 112 valence electrons. The Hall–Kier alpha value is -2.82. The van der Waals surface area contributed by atoms with Crippen LogP contribution in [0.1, 0.15) is 11.1 Å². The molecule has 0 aliphatic heterocycles. The largest absolute Gasteiger partial charge is 0.496 e. The van der Waals surface area contributed by atoms with Gasteiger partial charge in [0.05, 0.1) is 19.7 Å². The van der Waals surface area contributed by atoms with Gasteiger partial charge in [-0.1, -0.05) is 6.07 Å². The second-order valence-corrected chi connectivity index (χ2v) is 4.92. The van der Waals surface area contributed by atoms with E-state index in [1.165, 1.54) is 0 Å². The third kappa shape index (κ3) is 2.53. The number of pyridine rings is 2. The fraction of sp³-hybridized carbons (Fsp3) is 0.176. The van der Waals surface area contributed by atoms with Gasteiger partial charge in [-0.25, -0.2) is 4.98 Å². The number of ether oxygens (including phenoxy) is 2. The Labute approximate surface area is 128 Å². The molecule has 5 nitrogen and oxygen atoms in total. The minimum atomic E-state index is 0.506. The number of anilines is 1. The molecule has 0 unspecified atom stereocenters. The Bertz CT molecular complexity index is 796. The first-order valence-electron chi connectivity index (χ1n) is 6.92. The normalized spacial score (nSPS) is 10.6. The Morgan fingerprint density at radius 3 is 2.50 bits per heavy atom. The molecule has 2 heterocycles. The van der Waals surface area contributed by atoms with Crippen molar-refractivity contribution >= 4 is 16.7 Å². The number of nitrogens with zero attached hydrogens (tertiary/aromatic N) is 2. The molecule has 2 aromatic heterocycles. The summed E-state index contributed by atoms with van der Waals surface area (Å²) in [6.07, 6.45) is 4.07. The molecule has 0 amide bonds. The molecule has 0 spiro atoms. The molecule has 0 bridgehead atoms. The van der Waals surface area contributed by atoms with E-state index in [9.17, 15) is 0 Å². The molecule has 5 heteroatoms. The summed E-state index contributed by atoms with van der Waals surface area (Å²) in [7, 11) is 3.29. The summed E-state index contributed by atoms with van der Waals surface area (Å²) in [5, 5.41) is 0.959. The molecule has 0 aliphatic rings. The van der Waals surface area contributed by atoms with Gasteiger partial charge in [0.1, 0.15) is 17.3 Å². The standard InChI is InChI=1S/C17H17N3O2/c1-21-15-4-3-5-16(22-2)13(15)9-11-8-12-10-19-7-6-14(12)20-17(11)18/h3-8,10H,9H2,1-2H3,(H2,18,20). The van der Waals surface area contributed by atoms with Gasteiger partial charge in [-0.15, -0.1) is 0 Å². The first-order chi connectivity index (χ1) is 10.7. The lowest BCUT2D eigenvalue weighted by Crippen LogP contribution is -2.02. The average molecular weight is 295 g/mol. The molecule has 0 saturated heterocycles. The van der Waals surface area contributed by atoms with E-state index in [0.717, 1.165) is 33.5 Å². The number of aromatic nitrogens is 2. The minimum absolute atomic E-state index is 0.506. The molecular weight excluding hydrogens is 278 g/mol. The first-order valence-corrected chi connectivity index (χ1v) is 6.92. The number of hydrogen-bond donors (Lipinski definition) is 1. The number of methoxy groups -OCH3 is 2. The third-order valence-corrected chi connectivity index (χ3v) is 3.62. The molecule has 3 aromatic rings. The van der Waals surface area contributed by atoms with E-state index in [0.29, 0.717) is 12.2 Å². The van der Waals surface area contributed by atoms with Crippen molar-refractivity contribution in [2.75, 3.05) is 20.0 Å². The van der Waals surface area contributed by atoms with Crippen LogP contribution in [0.25, 0.3) is 10.9 Å². The summed E-state index contributed by atoms with van der Waals surface area (Å²) in [6.45, 7) is 0. The monoisotopic (exact) mass is 295 g/mol. The van der Waals surface area contributed by atoms with Gasteiger partial charge >= 0.3 is 0 Å². The molecule has 0 atom stereocenters. The molecule has 0 radical (unpaired) electrons. The second kappa shape index (κ2) is 5.89. The minimum Gasteiger partial charge on any atom is -0.496 e. The number of nitrogens with two attached hydrogens (primary N) is 1. The van der Waals surface area contributed by atoms with Crippen LogP contribution in [0.15, 0.2) is 42.7 Å². The highest BCUT2D eigenvalue weighted by atomic mass is 16.5. The maximum Gasteiger partial charge on any atom is 0.127 e. The van der Waals surface area contributed by atoms with Crippen LogP contribution in [0, 0.1) is 0 Å². The van der Waals surface area contributed by atoms with Crippen molar-refractivity contribution in [2.45, 2.75) is 6.42 Å². The summed E-state index contributed by atoms with van der Waals surface area (Å²) < 4.78 is 10.9. The van der Waals surface area contributed by atoms with Gasteiger partial charge in [-0.05, 0) is 29.8 Å². The lowest BCUT2D eigenvalue weighted by Gasteiger charge is -2.14. The van der Waals surface area contributed by atoms with Crippen molar-refractivity contribution in [1.29, 1.82) is 0 Å². The lowest BCUT2D eigenvalue weighted by molar-refractivity contribution is 0.387. The fourth-order valence-corrected chi connectivity index (χ4v) is 2.51. The molecule has 1 aromatic carbocycles. The highest BCUT2D eigenvalue weighted by molar-refractivity contribution is 5.80. The number of hydrogen-bond acceptors (Lipinski definition) is 5. The third-order valence-electron chi connectivity index (χ3n) is 3.62. The van der Waals surface area contributed by atoms with Gasteiger partial charge in [0.25, 0.3) is 0 Å². The van der Waals surface area contributed by atoms with Crippen LogP contribution in [0.3, 0.4) is 0 Å². The molecule has 22 heavy (non-hydrogen) atoms. The van der Waals surface area contributed by atoms with Crippen molar-refractivity contribution in [1.82, 2.24) is 9.97 Å². The van der Waals surface area contributed by atoms with E-state index in [2.05, 4.69) is 9.97 Å². The van der Waals surface area contributed by atoms with Crippen LogP contribution in [-0.2, 0) is 6.42 Å². The second-order valence-electron chi connectivity index (χ2n) is 4.92. The van der Waals surface area contributed by atoms with Gasteiger partial charge in [0.15, 0.2) is 0 Å². The SMILES string of the molecule is COc1cccc(OC)c1Cc1cc2cnccc2nc1N. The van der Waals surface area contributed by atoms with Crippen molar-refractivity contribution in [3.63, 3.8) is 0 Å². The number of fused-ring (bicyclic) bond motifs is 1. The Balaban J connectivity index is 2.08. The topological polar surface area (TPSA) is 70.3 Å². The smallest absolute Gasteiger partial charge is 0.127 e. The van der Waals surface area contributed by atoms with Gasteiger partial charge in [-0.3, -0.25) is 4.98 Å². The molecule has 0 saturated carbocycles. The van der Waals surface area contributed by atoms with Gasteiger partial charge in [0.2, 0.25) is 0 Å². The zero-order chi connectivity index (χ0) is 15.5. The average Bonchev–Trinajstić information content (AvgIpc) is 2.55. The lowest BCUT2D eigenvalue weighted by atomic mass is 10.0. The highest BCUT2D eigenvalue weighted by Gasteiger charge is 2.13. The molecule has 2 N–H and O–H groups in total. The molecular formula is C17H17N3O2. The summed E-state index contributed by atoms with van der Waals surface area (Å²) >= 11 is 0. The van der Waals surface area contributed by atoms with Crippen LogP contribution in [0.5, 0.6) is 11.5 Å². The highest BCUT2D eigenvalue weighted by Crippen LogP contribution is 2.32. The first kappa shape index (κ1) is 14.1. The van der Waals surface area contributed by atoms with Crippen molar-refractivity contribution in [2.24, 2.45) is 0 Å². The van der Waals surface area contributed by atoms with E-state index in [1.54, 1.807) is 26.6 Å². The number of benzene rings is 1. The van der Waals surface area contributed by atoms with Crippen LogP contribution in [0.2, 0.25) is 0 Å². The van der Waals surface area contributed by atoms with Crippen molar-refractivity contribution in [3.05, 3.63) is 53.9 Å².